The van der Waals surface area contributed by atoms with E-state index in [9.17, 15) is 4.79 Å². The van der Waals surface area contributed by atoms with E-state index in [-0.39, 0.29) is 17.9 Å². The summed E-state index contributed by atoms with van der Waals surface area (Å²) in [5, 5.41) is 4.21. The molecule has 24 heavy (non-hydrogen) atoms. The van der Waals surface area contributed by atoms with E-state index in [4.69, 9.17) is 4.98 Å². The Kier molecular flexibility index (Phi) is 5.39. The zero-order chi connectivity index (χ0) is 17.1. The van der Waals surface area contributed by atoms with Gasteiger partial charge in [-0.1, -0.05) is 31.3 Å². The predicted molar refractivity (Wildman–Crippen MR) is 102 cm³/mol. The first-order valence-electron chi connectivity index (χ1n) is 9.05. The minimum Gasteiger partial charge on any atom is -0.353 e. The summed E-state index contributed by atoms with van der Waals surface area (Å²) in [5.41, 5.74) is 2.45. The lowest BCUT2D eigenvalue weighted by atomic mass is 9.96. The number of carbonyl (C=O) groups excluding carboxylic acids is 1. The summed E-state index contributed by atoms with van der Waals surface area (Å²) in [6.45, 7) is 8.18. The van der Waals surface area contributed by atoms with E-state index >= 15 is 0 Å². The number of amides is 1. The van der Waals surface area contributed by atoms with E-state index < -0.39 is 0 Å². The number of hydrogen-bond donors (Lipinski definition) is 1. The van der Waals surface area contributed by atoms with Crippen LogP contribution in [0.2, 0.25) is 0 Å². The van der Waals surface area contributed by atoms with Crippen LogP contribution in [0.15, 0.2) is 18.2 Å². The average molecular weight is 346 g/mol. The maximum Gasteiger partial charge on any atom is 0.223 e. The topological polar surface area (TPSA) is 45.2 Å². The third-order valence-corrected chi connectivity index (χ3v) is 6.07. The zero-order valence-electron chi connectivity index (χ0n) is 14.8. The maximum atomic E-state index is 12.3. The number of nitrogens with one attached hydrogen (secondary N) is 1. The minimum atomic E-state index is 0.149. The average Bonchev–Trinajstić information content (AvgIpc) is 3.04. The van der Waals surface area contributed by atoms with Crippen LogP contribution in [0.4, 0.5) is 5.13 Å². The van der Waals surface area contributed by atoms with Gasteiger partial charge < -0.3 is 10.2 Å². The van der Waals surface area contributed by atoms with Crippen molar-refractivity contribution in [3.05, 3.63) is 23.8 Å². The number of hydrogen-bond acceptors (Lipinski definition) is 4. The highest BCUT2D eigenvalue weighted by atomic mass is 32.1. The molecule has 1 aromatic heterocycles. The van der Waals surface area contributed by atoms with Crippen LogP contribution in [-0.2, 0) is 11.2 Å². The quantitative estimate of drug-likeness (QED) is 0.891. The van der Waals surface area contributed by atoms with E-state index in [2.05, 4.69) is 49.2 Å². The van der Waals surface area contributed by atoms with Crippen LogP contribution in [0.5, 0.6) is 0 Å². The molecular weight excluding hydrogens is 318 g/mol. The highest BCUT2D eigenvalue weighted by Gasteiger charge is 2.26. The number of aromatic nitrogens is 1. The summed E-state index contributed by atoms with van der Waals surface area (Å²) >= 11 is 1.77. The van der Waals surface area contributed by atoms with E-state index in [1.54, 1.807) is 11.3 Å². The lowest BCUT2D eigenvalue weighted by Gasteiger charge is -2.31. The van der Waals surface area contributed by atoms with Gasteiger partial charge in [-0.05, 0) is 50.3 Å². The first-order valence-corrected chi connectivity index (χ1v) is 9.87. The molecule has 1 aliphatic heterocycles. The lowest BCUT2D eigenvalue weighted by Crippen LogP contribution is -2.43. The van der Waals surface area contributed by atoms with Gasteiger partial charge in [-0.25, -0.2) is 4.98 Å². The van der Waals surface area contributed by atoms with Crippen molar-refractivity contribution in [2.24, 2.45) is 5.92 Å². The van der Waals surface area contributed by atoms with Gasteiger partial charge in [0.1, 0.15) is 0 Å². The monoisotopic (exact) mass is 345 g/mol. The Hall–Kier alpha value is -1.62. The molecule has 1 atom stereocenters. The standard InChI is InChI=1S/C19H27N3OS/c1-4-13(3)20-18(23)15-8-10-22(11-9-15)19-21-16-7-6-14(5-2)12-17(16)24-19/h6-7,12-13,15H,4-5,8-11H2,1-3H3,(H,20,23)/t13-/m1/s1. The molecule has 0 unspecified atom stereocenters. The highest BCUT2D eigenvalue weighted by Crippen LogP contribution is 2.32. The minimum absolute atomic E-state index is 0.149. The fourth-order valence-electron chi connectivity index (χ4n) is 3.11. The maximum absolute atomic E-state index is 12.3. The Bertz CT molecular complexity index is 704. The predicted octanol–water partition coefficient (Wildman–Crippen LogP) is 3.99. The highest BCUT2D eigenvalue weighted by molar-refractivity contribution is 7.22. The van der Waals surface area contributed by atoms with Crippen LogP contribution in [0.3, 0.4) is 0 Å². The number of benzene rings is 1. The van der Waals surface area contributed by atoms with Gasteiger partial charge in [0.05, 0.1) is 10.2 Å². The van der Waals surface area contributed by atoms with Gasteiger partial charge in [-0.2, -0.15) is 0 Å². The van der Waals surface area contributed by atoms with Crippen molar-refractivity contribution < 1.29 is 4.79 Å². The number of thiazole rings is 1. The molecule has 4 nitrogen and oxygen atoms in total. The second-order valence-corrected chi connectivity index (χ2v) is 7.74. The summed E-state index contributed by atoms with van der Waals surface area (Å²) in [5.74, 6) is 0.372. The number of nitrogens with zero attached hydrogens (tertiary/aromatic N) is 2. The van der Waals surface area contributed by atoms with Crippen LogP contribution >= 0.6 is 11.3 Å². The van der Waals surface area contributed by atoms with Gasteiger partial charge >= 0.3 is 0 Å². The van der Waals surface area contributed by atoms with Crippen molar-refractivity contribution in [2.45, 2.75) is 52.5 Å². The largest absolute Gasteiger partial charge is 0.353 e. The number of rotatable bonds is 5. The number of piperidine rings is 1. The molecule has 1 saturated heterocycles. The van der Waals surface area contributed by atoms with Gasteiger partial charge in [0.15, 0.2) is 5.13 Å². The van der Waals surface area contributed by atoms with Crippen molar-refractivity contribution in [1.29, 1.82) is 0 Å². The molecule has 1 aromatic carbocycles. The van der Waals surface area contributed by atoms with Crippen molar-refractivity contribution in [3.63, 3.8) is 0 Å². The molecule has 0 radical (unpaired) electrons. The van der Waals surface area contributed by atoms with Crippen molar-refractivity contribution >= 4 is 32.6 Å². The molecule has 0 saturated carbocycles. The molecule has 1 fully saturated rings. The van der Waals surface area contributed by atoms with Gasteiger partial charge in [0.25, 0.3) is 0 Å². The fraction of sp³-hybridized carbons (Fsp3) is 0.579. The van der Waals surface area contributed by atoms with Gasteiger partial charge in [0, 0.05) is 25.0 Å². The zero-order valence-corrected chi connectivity index (χ0v) is 15.7. The fourth-order valence-corrected chi connectivity index (χ4v) is 4.19. The van der Waals surface area contributed by atoms with E-state index in [1.807, 2.05) is 0 Å². The third kappa shape index (κ3) is 3.72. The number of carbonyl (C=O) groups is 1. The Morgan fingerprint density at radius 2 is 2.12 bits per heavy atom. The van der Waals surface area contributed by atoms with Crippen LogP contribution in [-0.4, -0.2) is 30.0 Å². The lowest BCUT2D eigenvalue weighted by molar-refractivity contribution is -0.126. The number of fused-ring (bicyclic) bond motifs is 1. The summed E-state index contributed by atoms with van der Waals surface area (Å²) in [7, 11) is 0. The van der Waals surface area contributed by atoms with Crippen molar-refractivity contribution in [1.82, 2.24) is 10.3 Å². The smallest absolute Gasteiger partial charge is 0.223 e. The molecule has 5 heteroatoms. The van der Waals surface area contributed by atoms with Crippen LogP contribution in [0, 0.1) is 5.92 Å². The molecule has 130 valence electrons. The second kappa shape index (κ2) is 7.51. The Morgan fingerprint density at radius 1 is 1.38 bits per heavy atom. The van der Waals surface area contributed by atoms with Crippen molar-refractivity contribution in [3.8, 4) is 0 Å². The SMILES string of the molecule is CCc1ccc2nc(N3CCC(C(=O)N[C@H](C)CC)CC3)sc2c1. The van der Waals surface area contributed by atoms with E-state index in [0.29, 0.717) is 0 Å². The molecule has 0 aliphatic carbocycles. The Morgan fingerprint density at radius 3 is 2.79 bits per heavy atom. The summed E-state index contributed by atoms with van der Waals surface area (Å²) in [6.07, 6.45) is 3.87. The summed E-state index contributed by atoms with van der Waals surface area (Å²) < 4.78 is 1.26. The number of aryl methyl sites for hydroxylation is 1. The third-order valence-electron chi connectivity index (χ3n) is 4.99. The van der Waals surface area contributed by atoms with Crippen LogP contribution < -0.4 is 10.2 Å². The Balaban J connectivity index is 1.63. The van der Waals surface area contributed by atoms with E-state index in [1.165, 1.54) is 10.3 Å². The first-order chi connectivity index (χ1) is 11.6. The van der Waals surface area contributed by atoms with Gasteiger partial charge in [-0.3, -0.25) is 4.79 Å². The molecule has 1 amide bonds. The molecule has 2 aromatic rings. The van der Waals surface area contributed by atoms with Crippen LogP contribution in [0.1, 0.15) is 45.6 Å². The van der Waals surface area contributed by atoms with Gasteiger partial charge in [-0.15, -0.1) is 0 Å². The van der Waals surface area contributed by atoms with Crippen LogP contribution in [0.25, 0.3) is 10.2 Å². The summed E-state index contributed by atoms with van der Waals surface area (Å²) in [4.78, 5) is 19.4. The van der Waals surface area contributed by atoms with Gasteiger partial charge in [0.2, 0.25) is 5.91 Å². The molecule has 0 spiro atoms. The molecule has 1 aliphatic rings. The summed E-state index contributed by atoms with van der Waals surface area (Å²) in [6, 6.07) is 6.81. The molecule has 3 rings (SSSR count). The molecule has 1 N–H and O–H groups in total. The van der Waals surface area contributed by atoms with Crippen molar-refractivity contribution in [2.75, 3.05) is 18.0 Å². The molecule has 0 bridgehead atoms. The second-order valence-electron chi connectivity index (χ2n) is 6.73. The normalized spacial score (nSPS) is 17.2. The van der Waals surface area contributed by atoms with E-state index in [0.717, 1.165) is 49.4 Å². The number of anilines is 1. The first kappa shape index (κ1) is 17.2. The molecular formula is C19H27N3OS. The Labute approximate surface area is 148 Å². The molecule has 2 heterocycles.